The van der Waals surface area contributed by atoms with E-state index >= 15 is 0 Å². The second-order valence-corrected chi connectivity index (χ2v) is 4.89. The third kappa shape index (κ3) is 3.84. The highest BCUT2D eigenvalue weighted by molar-refractivity contribution is 5.95. The summed E-state index contributed by atoms with van der Waals surface area (Å²) in [4.78, 5) is 18.0. The number of nitrogens with zero attached hydrogens (tertiary/aromatic N) is 2. The fraction of sp³-hybridized carbons (Fsp3) is 0.571. The Labute approximate surface area is 118 Å². The van der Waals surface area contributed by atoms with E-state index in [2.05, 4.69) is 16.9 Å². The van der Waals surface area contributed by atoms with Gasteiger partial charge in [-0.25, -0.2) is 9.78 Å². The molecule has 1 aliphatic carbocycles. The van der Waals surface area contributed by atoms with Crippen LogP contribution in [0.15, 0.2) is 12.3 Å². The molecule has 110 valence electrons. The molecule has 1 heterocycles. The van der Waals surface area contributed by atoms with Crippen LogP contribution in [0.2, 0.25) is 0 Å². The van der Waals surface area contributed by atoms with Gasteiger partial charge in [0.25, 0.3) is 0 Å². The summed E-state index contributed by atoms with van der Waals surface area (Å²) in [6.45, 7) is 3.43. The van der Waals surface area contributed by atoms with Gasteiger partial charge in [0.2, 0.25) is 5.88 Å². The number of carbonyl (C=O) groups is 1. The molecule has 2 N–H and O–H groups in total. The van der Waals surface area contributed by atoms with E-state index in [1.807, 2.05) is 0 Å². The van der Waals surface area contributed by atoms with E-state index in [0.29, 0.717) is 36.4 Å². The van der Waals surface area contributed by atoms with E-state index in [0.717, 1.165) is 6.54 Å². The smallest absolute Gasteiger partial charge is 0.340 e. The van der Waals surface area contributed by atoms with Gasteiger partial charge in [-0.2, -0.15) is 0 Å². The molecular formula is C14H21N3O3. The summed E-state index contributed by atoms with van der Waals surface area (Å²) >= 11 is 0. The highest BCUT2D eigenvalue weighted by Gasteiger charge is 2.25. The number of carbonyl (C=O) groups excluding carboxylic acids is 1. The molecular weight excluding hydrogens is 258 g/mol. The SMILES string of the molecule is CCOC(=O)c1cc(OCCN(C)C2CC2)ncc1N. The van der Waals surface area contributed by atoms with Crippen molar-refractivity contribution in [2.24, 2.45) is 0 Å². The van der Waals surface area contributed by atoms with E-state index in [1.165, 1.54) is 25.1 Å². The molecule has 1 saturated carbocycles. The number of aromatic nitrogens is 1. The van der Waals surface area contributed by atoms with Crippen LogP contribution >= 0.6 is 0 Å². The predicted molar refractivity (Wildman–Crippen MR) is 75.8 cm³/mol. The zero-order valence-corrected chi connectivity index (χ0v) is 12.0. The number of hydrogen-bond donors (Lipinski definition) is 1. The van der Waals surface area contributed by atoms with Crippen LogP contribution in [0.4, 0.5) is 5.69 Å². The maximum Gasteiger partial charge on any atom is 0.340 e. The largest absolute Gasteiger partial charge is 0.476 e. The third-order valence-corrected chi connectivity index (χ3v) is 3.27. The van der Waals surface area contributed by atoms with Gasteiger partial charge in [0.15, 0.2) is 0 Å². The van der Waals surface area contributed by atoms with Crippen LogP contribution in [0.5, 0.6) is 5.88 Å². The van der Waals surface area contributed by atoms with E-state index in [9.17, 15) is 4.79 Å². The average Bonchev–Trinajstić information content (AvgIpc) is 3.25. The minimum Gasteiger partial charge on any atom is -0.476 e. The van der Waals surface area contributed by atoms with Crippen molar-refractivity contribution in [1.82, 2.24) is 9.88 Å². The number of ether oxygens (including phenoxy) is 2. The topological polar surface area (TPSA) is 77.7 Å². The first-order valence-electron chi connectivity index (χ1n) is 6.87. The zero-order chi connectivity index (χ0) is 14.5. The number of nitrogens with two attached hydrogens (primary N) is 1. The lowest BCUT2D eigenvalue weighted by atomic mass is 10.2. The van der Waals surface area contributed by atoms with Crippen LogP contribution in [-0.2, 0) is 4.74 Å². The summed E-state index contributed by atoms with van der Waals surface area (Å²) in [6, 6.07) is 2.23. The number of likely N-dealkylation sites (N-methyl/N-ethyl adjacent to an activating group) is 1. The Morgan fingerprint density at radius 1 is 1.55 bits per heavy atom. The quantitative estimate of drug-likeness (QED) is 0.758. The molecule has 0 saturated heterocycles. The molecule has 2 rings (SSSR count). The van der Waals surface area contributed by atoms with Crippen molar-refractivity contribution in [3.8, 4) is 5.88 Å². The summed E-state index contributed by atoms with van der Waals surface area (Å²) in [5, 5.41) is 0. The summed E-state index contributed by atoms with van der Waals surface area (Å²) in [6.07, 6.45) is 3.96. The molecule has 0 radical (unpaired) electrons. The first-order valence-corrected chi connectivity index (χ1v) is 6.87. The molecule has 1 fully saturated rings. The van der Waals surface area contributed by atoms with Crippen molar-refractivity contribution in [2.45, 2.75) is 25.8 Å². The molecule has 0 aliphatic heterocycles. The molecule has 20 heavy (non-hydrogen) atoms. The van der Waals surface area contributed by atoms with Gasteiger partial charge in [0.05, 0.1) is 24.1 Å². The second-order valence-electron chi connectivity index (χ2n) is 4.89. The van der Waals surface area contributed by atoms with Crippen molar-refractivity contribution in [3.63, 3.8) is 0 Å². The van der Waals surface area contributed by atoms with E-state index in [4.69, 9.17) is 15.2 Å². The van der Waals surface area contributed by atoms with Crippen LogP contribution in [0, 0.1) is 0 Å². The van der Waals surface area contributed by atoms with Crippen LogP contribution < -0.4 is 10.5 Å². The monoisotopic (exact) mass is 279 g/mol. The molecule has 0 atom stereocenters. The van der Waals surface area contributed by atoms with Crippen molar-refractivity contribution in [1.29, 1.82) is 0 Å². The Morgan fingerprint density at radius 3 is 2.95 bits per heavy atom. The number of esters is 1. The van der Waals surface area contributed by atoms with Gasteiger partial charge < -0.3 is 20.1 Å². The van der Waals surface area contributed by atoms with Gasteiger partial charge in [-0.1, -0.05) is 0 Å². The number of hydrogen-bond acceptors (Lipinski definition) is 6. The number of anilines is 1. The highest BCUT2D eigenvalue weighted by Crippen LogP contribution is 2.25. The van der Waals surface area contributed by atoms with Gasteiger partial charge in [-0.3, -0.25) is 0 Å². The minimum absolute atomic E-state index is 0.297. The van der Waals surface area contributed by atoms with Crippen molar-refractivity contribution < 1.29 is 14.3 Å². The maximum absolute atomic E-state index is 11.7. The minimum atomic E-state index is -0.452. The Bertz CT molecular complexity index is 475. The zero-order valence-electron chi connectivity index (χ0n) is 12.0. The van der Waals surface area contributed by atoms with Crippen molar-refractivity contribution >= 4 is 11.7 Å². The lowest BCUT2D eigenvalue weighted by Crippen LogP contribution is -2.26. The van der Waals surface area contributed by atoms with Gasteiger partial charge in [0, 0.05) is 18.7 Å². The summed E-state index contributed by atoms with van der Waals surface area (Å²) < 4.78 is 10.5. The normalized spacial score (nSPS) is 14.3. The lowest BCUT2D eigenvalue weighted by Gasteiger charge is -2.15. The average molecular weight is 279 g/mol. The maximum atomic E-state index is 11.7. The van der Waals surface area contributed by atoms with E-state index in [1.54, 1.807) is 6.92 Å². The van der Waals surface area contributed by atoms with Gasteiger partial charge in [0.1, 0.15) is 6.61 Å². The van der Waals surface area contributed by atoms with Gasteiger partial charge >= 0.3 is 5.97 Å². The van der Waals surface area contributed by atoms with Crippen LogP contribution in [0.3, 0.4) is 0 Å². The number of nitrogen functional groups attached to an aromatic ring is 1. The molecule has 0 bridgehead atoms. The fourth-order valence-corrected chi connectivity index (χ4v) is 1.90. The molecule has 6 nitrogen and oxygen atoms in total. The first-order chi connectivity index (χ1) is 9.61. The molecule has 0 unspecified atom stereocenters. The number of rotatable bonds is 7. The molecule has 6 heteroatoms. The van der Waals surface area contributed by atoms with Crippen LogP contribution in [0.1, 0.15) is 30.1 Å². The second kappa shape index (κ2) is 6.56. The molecule has 0 aromatic carbocycles. The van der Waals surface area contributed by atoms with E-state index < -0.39 is 5.97 Å². The standard InChI is InChI=1S/C14H21N3O3/c1-3-19-14(18)11-8-13(16-9-12(11)15)20-7-6-17(2)10-4-5-10/h8-10H,3-7,15H2,1-2H3. The summed E-state index contributed by atoms with van der Waals surface area (Å²) in [5.41, 5.74) is 6.31. The molecule has 0 amide bonds. The summed E-state index contributed by atoms with van der Waals surface area (Å²) in [5.74, 6) is -0.0567. The fourth-order valence-electron chi connectivity index (χ4n) is 1.90. The molecule has 0 spiro atoms. The Balaban J connectivity index is 1.90. The van der Waals surface area contributed by atoms with Gasteiger partial charge in [-0.15, -0.1) is 0 Å². The highest BCUT2D eigenvalue weighted by atomic mass is 16.5. The molecule has 1 aromatic rings. The van der Waals surface area contributed by atoms with Gasteiger partial charge in [-0.05, 0) is 26.8 Å². The Hall–Kier alpha value is -1.82. The molecule has 1 aromatic heterocycles. The lowest BCUT2D eigenvalue weighted by molar-refractivity contribution is 0.0527. The van der Waals surface area contributed by atoms with Crippen LogP contribution in [0.25, 0.3) is 0 Å². The first kappa shape index (κ1) is 14.6. The van der Waals surface area contributed by atoms with Crippen LogP contribution in [-0.4, -0.2) is 48.7 Å². The molecule has 1 aliphatic rings. The van der Waals surface area contributed by atoms with Crippen molar-refractivity contribution in [2.75, 3.05) is 32.5 Å². The van der Waals surface area contributed by atoms with Crippen molar-refractivity contribution in [3.05, 3.63) is 17.8 Å². The Morgan fingerprint density at radius 2 is 2.30 bits per heavy atom. The van der Waals surface area contributed by atoms with E-state index in [-0.39, 0.29) is 0 Å². The summed E-state index contributed by atoms with van der Waals surface area (Å²) in [7, 11) is 2.08. The third-order valence-electron chi connectivity index (χ3n) is 3.27. The number of pyridine rings is 1. The predicted octanol–water partition coefficient (Wildman–Crippen LogP) is 1.31. The Kier molecular flexibility index (Phi) is 4.79.